The van der Waals surface area contributed by atoms with Crippen LogP contribution in [-0.4, -0.2) is 75.1 Å². The molecule has 66 heavy (non-hydrogen) atoms. The molecule has 3 N–H and O–H groups in total. The van der Waals surface area contributed by atoms with E-state index in [0.29, 0.717) is 65.1 Å². The number of nitro groups is 1. The highest BCUT2D eigenvalue weighted by atomic mass is 32.2. The number of ether oxygens (including phenoxy) is 1. The minimum Gasteiger partial charge on any atom is -0.455 e. The summed E-state index contributed by atoms with van der Waals surface area (Å²) in [5.74, 6) is 0.295. The predicted octanol–water partition coefficient (Wildman–Crippen LogP) is 9.99. The molecule has 0 unspecified atom stereocenters. The number of nitrogens with one attached hydrogen (secondary N) is 2. The first kappa shape index (κ1) is 44.1. The first-order chi connectivity index (χ1) is 31.6. The molecular formula is C51H59N7O7S. The van der Waals surface area contributed by atoms with E-state index in [1.54, 1.807) is 47.4 Å². The summed E-state index contributed by atoms with van der Waals surface area (Å²) in [6.07, 6.45) is 14.8. The van der Waals surface area contributed by atoms with Crippen molar-refractivity contribution in [1.82, 2.24) is 24.2 Å². The molecule has 3 aromatic carbocycles. The van der Waals surface area contributed by atoms with Crippen LogP contribution in [0.2, 0.25) is 0 Å². The average Bonchev–Trinajstić information content (AvgIpc) is 4.06. The first-order valence-electron chi connectivity index (χ1n) is 23.6. The maximum atomic E-state index is 14.1. The van der Waals surface area contributed by atoms with Crippen molar-refractivity contribution in [1.29, 1.82) is 0 Å². The van der Waals surface area contributed by atoms with Gasteiger partial charge in [-0.15, -0.1) is 0 Å². The lowest BCUT2D eigenvalue weighted by atomic mass is 9.59. The van der Waals surface area contributed by atoms with Crippen LogP contribution in [0.3, 0.4) is 0 Å². The number of nitrogens with zero attached hydrogens (tertiary/aromatic N) is 5. The molecule has 2 saturated carbocycles. The molecule has 0 radical (unpaired) electrons. The van der Waals surface area contributed by atoms with E-state index in [4.69, 9.17) is 4.74 Å². The number of pyridine rings is 1. The Hall–Kier alpha value is -5.77. The lowest BCUT2D eigenvalue weighted by molar-refractivity contribution is -0.383. The molecule has 2 aliphatic heterocycles. The van der Waals surface area contributed by atoms with Gasteiger partial charge in [-0.3, -0.25) is 19.8 Å². The van der Waals surface area contributed by atoms with Gasteiger partial charge in [0, 0.05) is 72.7 Å². The molecule has 2 aliphatic carbocycles. The van der Waals surface area contributed by atoms with Crippen molar-refractivity contribution < 1.29 is 28.0 Å². The number of anilines is 1. The number of fused-ring (bicyclic) bond motifs is 2. The van der Waals surface area contributed by atoms with Gasteiger partial charge < -0.3 is 24.3 Å². The number of hydrogen-bond acceptors (Lipinski definition) is 10. The van der Waals surface area contributed by atoms with E-state index >= 15 is 0 Å². The van der Waals surface area contributed by atoms with Crippen LogP contribution in [-0.2, 0) is 16.6 Å². The van der Waals surface area contributed by atoms with Gasteiger partial charge in [-0.05, 0) is 142 Å². The van der Waals surface area contributed by atoms with Crippen molar-refractivity contribution in [3.63, 3.8) is 0 Å². The second-order valence-corrected chi connectivity index (χ2v) is 21.8. The normalized spacial score (nSPS) is 22.6. The molecule has 5 heterocycles. The molecule has 1 amide bonds. The minimum absolute atomic E-state index is 0.0146. The average molecular weight is 914 g/mol. The summed E-state index contributed by atoms with van der Waals surface area (Å²) in [5.41, 5.74) is 4.01. The van der Waals surface area contributed by atoms with Crippen molar-refractivity contribution in [3.8, 4) is 11.5 Å². The van der Waals surface area contributed by atoms with Crippen LogP contribution in [0.25, 0.3) is 21.9 Å². The number of nitro benzene ring substituents is 1. The topological polar surface area (TPSA) is 176 Å². The Labute approximate surface area is 385 Å². The number of benzene rings is 3. The second-order valence-electron chi connectivity index (χ2n) is 20.1. The summed E-state index contributed by atoms with van der Waals surface area (Å²) in [5, 5.41) is 24.1. The monoisotopic (exact) mass is 913 g/mol. The van der Waals surface area contributed by atoms with Crippen LogP contribution in [0.1, 0.15) is 118 Å². The van der Waals surface area contributed by atoms with Crippen LogP contribution in [0, 0.1) is 21.4 Å². The van der Waals surface area contributed by atoms with Gasteiger partial charge in [0.1, 0.15) is 22.7 Å². The van der Waals surface area contributed by atoms with Crippen molar-refractivity contribution >= 4 is 49.2 Å². The Morgan fingerprint density at radius 1 is 0.985 bits per heavy atom. The number of likely N-dealkylation sites (tertiary alicyclic amines) is 1. The van der Waals surface area contributed by atoms with Crippen molar-refractivity contribution in [3.05, 3.63) is 118 Å². The smallest absolute Gasteiger partial charge is 0.294 e. The standard InChI is InChI=1S/C51H59N7O7S/c1-33(2)41-7-4-5-8-42(41)44-9-6-21-57(44)38-29-51(30-38)18-23-55(24-19-51)37-10-11-43(46(27-37)65-39-25-36-14-20-52-48(36)53-31-39)49(59)54-66(63,64)40-26-35-15-22-56(47(35)45(28-40)58(61)62)32-34-12-16-50(3,60)17-13-34/h4-5,7-8,10-11,14-15,20,22,25-28,31,33-34,38,44,60H,6,9,12-13,16-19,21,23-24,29-30,32H2,1-3H3,(H,52,53)(H,54,59)/t34?,44-,50?/m0/s1. The fourth-order valence-electron chi connectivity index (χ4n) is 11.5. The summed E-state index contributed by atoms with van der Waals surface area (Å²) >= 11 is 0. The molecule has 346 valence electrons. The summed E-state index contributed by atoms with van der Waals surface area (Å²) in [7, 11) is -4.60. The van der Waals surface area contributed by atoms with Crippen LogP contribution in [0.4, 0.5) is 11.4 Å². The fourth-order valence-corrected chi connectivity index (χ4v) is 12.6. The molecule has 10 rings (SSSR count). The van der Waals surface area contributed by atoms with E-state index in [1.165, 1.54) is 42.9 Å². The highest BCUT2D eigenvalue weighted by Gasteiger charge is 2.50. The van der Waals surface area contributed by atoms with E-state index in [-0.39, 0.29) is 22.9 Å². The molecule has 3 aromatic heterocycles. The number of amides is 1. The van der Waals surface area contributed by atoms with Crippen molar-refractivity contribution in [2.75, 3.05) is 24.5 Å². The largest absolute Gasteiger partial charge is 0.455 e. The maximum absolute atomic E-state index is 14.1. The number of non-ortho nitro benzene ring substituents is 1. The lowest BCUT2D eigenvalue weighted by Crippen LogP contribution is -2.54. The quantitative estimate of drug-likeness (QED) is 0.0791. The number of aromatic nitrogens is 3. The Kier molecular flexibility index (Phi) is 11.5. The molecule has 4 aliphatic rings. The summed E-state index contributed by atoms with van der Waals surface area (Å²) in [4.78, 5) is 38.2. The zero-order chi connectivity index (χ0) is 46.0. The van der Waals surface area contributed by atoms with Crippen LogP contribution in [0.5, 0.6) is 11.5 Å². The molecule has 4 fully saturated rings. The maximum Gasteiger partial charge on any atom is 0.294 e. The van der Waals surface area contributed by atoms with Crippen LogP contribution in [0.15, 0.2) is 96.3 Å². The minimum atomic E-state index is -4.60. The first-order valence-corrected chi connectivity index (χ1v) is 25.0. The number of piperidine rings is 1. The summed E-state index contributed by atoms with van der Waals surface area (Å²) < 4.78 is 38.4. The molecule has 15 heteroatoms. The van der Waals surface area contributed by atoms with Gasteiger partial charge in [0.25, 0.3) is 21.6 Å². The molecular weight excluding hydrogens is 855 g/mol. The SMILES string of the molecule is CC(C)c1ccccc1[C@@H]1CCCN1C1CC2(CCN(c3ccc(C(=O)NS(=O)(=O)c4cc([N+](=O)[O-])c5c(ccn5CC5CCC(C)(O)CC5)c4)c(Oc4cnc5[nH]ccc5c4)c3)CC2)C1. The number of carbonyl (C=O) groups excluding carboxylic acids is 1. The Balaban J connectivity index is 0.864. The number of H-pyrrole nitrogens is 1. The van der Waals surface area contributed by atoms with Gasteiger partial charge in [0.15, 0.2) is 0 Å². The number of sulfonamides is 1. The summed E-state index contributed by atoms with van der Waals surface area (Å²) in [6.45, 7) is 9.74. The van der Waals surface area contributed by atoms with E-state index in [1.807, 2.05) is 19.1 Å². The highest BCUT2D eigenvalue weighted by Crippen LogP contribution is 2.54. The summed E-state index contributed by atoms with van der Waals surface area (Å²) in [6, 6.07) is 23.0. The molecule has 2 saturated heterocycles. The number of rotatable bonds is 12. The molecule has 0 bridgehead atoms. The lowest BCUT2D eigenvalue weighted by Gasteiger charge is -2.56. The van der Waals surface area contributed by atoms with Crippen molar-refractivity contribution in [2.45, 2.75) is 120 Å². The van der Waals surface area contributed by atoms with E-state index < -0.39 is 31.4 Å². The second kappa shape index (κ2) is 17.1. The fraction of sp³-hybridized carbons (Fsp3) is 0.451. The highest BCUT2D eigenvalue weighted by molar-refractivity contribution is 7.90. The Morgan fingerprint density at radius 2 is 1.76 bits per heavy atom. The van der Waals surface area contributed by atoms with E-state index in [9.17, 15) is 28.4 Å². The number of aliphatic hydroxyl groups is 1. The number of carbonyl (C=O) groups is 1. The van der Waals surface area contributed by atoms with Crippen LogP contribution >= 0.6 is 0 Å². The van der Waals surface area contributed by atoms with Crippen molar-refractivity contribution in [2.24, 2.45) is 11.3 Å². The van der Waals surface area contributed by atoms with Gasteiger partial charge in [0.05, 0.1) is 27.2 Å². The molecule has 1 spiro atoms. The predicted molar refractivity (Wildman–Crippen MR) is 255 cm³/mol. The third-order valence-corrected chi connectivity index (χ3v) is 16.6. The van der Waals surface area contributed by atoms with Gasteiger partial charge in [-0.2, -0.15) is 0 Å². The molecule has 6 aromatic rings. The Bertz CT molecular complexity index is 2920. The van der Waals surface area contributed by atoms with Crippen LogP contribution < -0.4 is 14.4 Å². The Morgan fingerprint density at radius 3 is 2.52 bits per heavy atom. The van der Waals surface area contributed by atoms with Gasteiger partial charge in [-0.25, -0.2) is 18.1 Å². The zero-order valence-electron chi connectivity index (χ0n) is 37.9. The van der Waals surface area contributed by atoms with Gasteiger partial charge in [0.2, 0.25) is 0 Å². The molecule has 14 nitrogen and oxygen atoms in total. The van der Waals surface area contributed by atoms with Gasteiger partial charge >= 0.3 is 0 Å². The van der Waals surface area contributed by atoms with Gasteiger partial charge in [-0.1, -0.05) is 38.1 Å². The molecule has 1 atom stereocenters. The van der Waals surface area contributed by atoms with E-state index in [0.717, 1.165) is 62.5 Å². The third kappa shape index (κ3) is 8.56. The third-order valence-electron chi connectivity index (χ3n) is 15.3. The number of aromatic amines is 1. The van der Waals surface area contributed by atoms with E-state index in [2.05, 4.69) is 62.6 Å². The number of hydrogen-bond donors (Lipinski definition) is 3. The zero-order valence-corrected chi connectivity index (χ0v) is 38.7.